The summed E-state index contributed by atoms with van der Waals surface area (Å²) in [5.41, 5.74) is 7.31. The highest BCUT2D eigenvalue weighted by molar-refractivity contribution is 14.1. The van der Waals surface area contributed by atoms with Gasteiger partial charge in [-0.2, -0.15) is 0 Å². The first-order valence-corrected chi connectivity index (χ1v) is 7.99. The number of rotatable bonds is 2. The van der Waals surface area contributed by atoms with Crippen LogP contribution in [0, 0.1) is 9.49 Å². The summed E-state index contributed by atoms with van der Waals surface area (Å²) in [5.74, 6) is 0.287. The SMILES string of the molecule is CC1(C)CC(C(N)c2cc(Cl)ccc2I)C(C)(C)O1. The first kappa shape index (κ1) is 15.5. The maximum absolute atomic E-state index is 6.52. The van der Waals surface area contributed by atoms with Gasteiger partial charge in [0.2, 0.25) is 0 Å². The number of ether oxygens (including phenoxy) is 1. The lowest BCUT2D eigenvalue weighted by Crippen LogP contribution is -2.36. The van der Waals surface area contributed by atoms with E-state index in [9.17, 15) is 0 Å². The zero-order chi connectivity index (χ0) is 14.4. The quantitative estimate of drug-likeness (QED) is 0.749. The summed E-state index contributed by atoms with van der Waals surface area (Å²) in [7, 11) is 0. The lowest BCUT2D eigenvalue weighted by molar-refractivity contribution is -0.0767. The van der Waals surface area contributed by atoms with Crippen LogP contribution in [0.15, 0.2) is 18.2 Å². The average Bonchev–Trinajstić information content (AvgIpc) is 2.49. The van der Waals surface area contributed by atoms with E-state index >= 15 is 0 Å². The predicted octanol–water partition coefficient (Wildman–Crippen LogP) is 4.54. The molecule has 1 heterocycles. The minimum Gasteiger partial charge on any atom is -0.369 e. The van der Waals surface area contributed by atoms with Crippen LogP contribution in [0.1, 0.15) is 45.7 Å². The highest BCUT2D eigenvalue weighted by Gasteiger charge is 2.48. The predicted molar refractivity (Wildman–Crippen MR) is 88.4 cm³/mol. The van der Waals surface area contributed by atoms with E-state index in [-0.39, 0.29) is 23.2 Å². The van der Waals surface area contributed by atoms with Crippen molar-refractivity contribution < 1.29 is 4.74 Å². The topological polar surface area (TPSA) is 35.2 Å². The van der Waals surface area contributed by atoms with Gasteiger partial charge in [-0.25, -0.2) is 0 Å². The Morgan fingerprint density at radius 1 is 1.37 bits per heavy atom. The third-order valence-corrected chi connectivity index (χ3v) is 5.11. The zero-order valence-corrected chi connectivity index (χ0v) is 14.7. The number of halogens is 2. The molecule has 19 heavy (non-hydrogen) atoms. The summed E-state index contributed by atoms with van der Waals surface area (Å²) in [6.45, 7) is 8.52. The van der Waals surface area contributed by atoms with E-state index in [0.29, 0.717) is 0 Å². The van der Waals surface area contributed by atoms with Crippen molar-refractivity contribution in [3.8, 4) is 0 Å². The third kappa shape index (κ3) is 3.26. The Kier molecular flexibility index (Phi) is 4.23. The van der Waals surface area contributed by atoms with E-state index in [0.717, 1.165) is 20.6 Å². The molecule has 2 atom stereocenters. The summed E-state index contributed by atoms with van der Waals surface area (Å²) >= 11 is 8.42. The Balaban J connectivity index is 2.34. The summed E-state index contributed by atoms with van der Waals surface area (Å²) < 4.78 is 7.31. The molecule has 1 aliphatic rings. The van der Waals surface area contributed by atoms with Crippen molar-refractivity contribution >= 4 is 34.2 Å². The van der Waals surface area contributed by atoms with Crippen molar-refractivity contribution in [3.63, 3.8) is 0 Å². The van der Waals surface area contributed by atoms with Crippen molar-refractivity contribution in [2.75, 3.05) is 0 Å². The highest BCUT2D eigenvalue weighted by atomic mass is 127. The molecule has 0 bridgehead atoms. The van der Waals surface area contributed by atoms with Gasteiger partial charge >= 0.3 is 0 Å². The lowest BCUT2D eigenvalue weighted by Gasteiger charge is -2.31. The molecule has 1 aliphatic heterocycles. The van der Waals surface area contributed by atoms with E-state index in [4.69, 9.17) is 22.1 Å². The minimum atomic E-state index is -0.214. The van der Waals surface area contributed by atoms with Gasteiger partial charge in [-0.15, -0.1) is 0 Å². The largest absolute Gasteiger partial charge is 0.369 e. The van der Waals surface area contributed by atoms with Gasteiger partial charge in [0.1, 0.15) is 0 Å². The first-order valence-electron chi connectivity index (χ1n) is 6.53. The molecular weight excluding hydrogens is 373 g/mol. The van der Waals surface area contributed by atoms with Gasteiger partial charge in [0.05, 0.1) is 11.2 Å². The second kappa shape index (κ2) is 5.17. The van der Waals surface area contributed by atoms with Crippen molar-refractivity contribution in [1.82, 2.24) is 0 Å². The standard InChI is InChI=1S/C15H21ClINO/c1-14(2)8-11(15(3,4)19-14)13(18)10-7-9(16)5-6-12(10)17/h5-7,11,13H,8,18H2,1-4H3. The van der Waals surface area contributed by atoms with Crippen LogP contribution in [0.4, 0.5) is 0 Å². The van der Waals surface area contributed by atoms with Crippen molar-refractivity contribution in [2.45, 2.75) is 51.4 Å². The van der Waals surface area contributed by atoms with E-state index in [1.165, 1.54) is 0 Å². The van der Waals surface area contributed by atoms with Crippen LogP contribution < -0.4 is 5.73 Å². The van der Waals surface area contributed by atoms with Crippen molar-refractivity contribution in [3.05, 3.63) is 32.4 Å². The Morgan fingerprint density at radius 2 is 2.00 bits per heavy atom. The second-order valence-corrected chi connectivity index (χ2v) is 8.07. The normalized spacial score (nSPS) is 26.4. The number of hydrogen-bond acceptors (Lipinski definition) is 2. The molecule has 2 unspecified atom stereocenters. The maximum Gasteiger partial charge on any atom is 0.0680 e. The fourth-order valence-electron chi connectivity index (χ4n) is 3.15. The molecule has 1 aromatic rings. The molecular formula is C15H21ClINO. The Labute approximate surface area is 134 Å². The average molecular weight is 394 g/mol. The molecule has 4 heteroatoms. The fraction of sp³-hybridized carbons (Fsp3) is 0.600. The molecule has 0 radical (unpaired) electrons. The van der Waals surface area contributed by atoms with E-state index < -0.39 is 0 Å². The van der Waals surface area contributed by atoms with Crippen LogP contribution in [0.2, 0.25) is 5.02 Å². The van der Waals surface area contributed by atoms with Crippen LogP contribution in [-0.2, 0) is 4.74 Å². The molecule has 1 aromatic carbocycles. The van der Waals surface area contributed by atoms with Crippen LogP contribution in [0.3, 0.4) is 0 Å². The lowest BCUT2D eigenvalue weighted by atomic mass is 9.79. The van der Waals surface area contributed by atoms with Gasteiger partial charge < -0.3 is 10.5 Å². The van der Waals surface area contributed by atoms with Crippen molar-refractivity contribution in [1.29, 1.82) is 0 Å². The van der Waals surface area contributed by atoms with E-state index in [1.807, 2.05) is 18.2 Å². The fourth-order valence-corrected chi connectivity index (χ4v) is 4.03. The van der Waals surface area contributed by atoms with E-state index in [1.54, 1.807) is 0 Å². The molecule has 2 N–H and O–H groups in total. The Morgan fingerprint density at radius 3 is 2.53 bits per heavy atom. The third-order valence-electron chi connectivity index (χ3n) is 3.89. The highest BCUT2D eigenvalue weighted by Crippen LogP contribution is 2.47. The van der Waals surface area contributed by atoms with Gasteiger partial charge in [-0.3, -0.25) is 0 Å². The molecule has 1 saturated heterocycles. The van der Waals surface area contributed by atoms with Crippen LogP contribution in [0.25, 0.3) is 0 Å². The summed E-state index contributed by atoms with van der Waals surface area (Å²) in [6.07, 6.45) is 0.962. The summed E-state index contributed by atoms with van der Waals surface area (Å²) in [4.78, 5) is 0. The molecule has 106 valence electrons. The molecule has 2 nitrogen and oxygen atoms in total. The number of nitrogens with two attached hydrogens (primary N) is 1. The Bertz CT molecular complexity index is 487. The van der Waals surface area contributed by atoms with Gasteiger partial charge in [0, 0.05) is 20.6 Å². The monoisotopic (exact) mass is 393 g/mol. The second-order valence-electron chi connectivity index (χ2n) is 6.47. The first-order chi connectivity index (χ1) is 8.62. The van der Waals surface area contributed by atoms with E-state index in [2.05, 4.69) is 50.3 Å². The smallest absolute Gasteiger partial charge is 0.0680 e. The molecule has 0 spiro atoms. The van der Waals surface area contributed by atoms with Gasteiger partial charge in [-0.1, -0.05) is 11.6 Å². The molecule has 1 fully saturated rings. The summed E-state index contributed by atoms with van der Waals surface area (Å²) in [6, 6.07) is 5.85. The van der Waals surface area contributed by atoms with Crippen LogP contribution in [-0.4, -0.2) is 11.2 Å². The molecule has 0 aromatic heterocycles. The van der Waals surface area contributed by atoms with Crippen LogP contribution >= 0.6 is 34.2 Å². The van der Waals surface area contributed by atoms with Gasteiger partial charge in [-0.05, 0) is 80.5 Å². The summed E-state index contributed by atoms with van der Waals surface area (Å²) in [5, 5.41) is 0.738. The van der Waals surface area contributed by atoms with Crippen LogP contribution in [0.5, 0.6) is 0 Å². The van der Waals surface area contributed by atoms with Gasteiger partial charge in [0.25, 0.3) is 0 Å². The van der Waals surface area contributed by atoms with Crippen molar-refractivity contribution in [2.24, 2.45) is 11.7 Å². The number of hydrogen-bond donors (Lipinski definition) is 1. The number of benzene rings is 1. The zero-order valence-electron chi connectivity index (χ0n) is 11.8. The molecule has 0 aliphatic carbocycles. The molecule has 0 amide bonds. The molecule has 2 rings (SSSR count). The minimum absolute atomic E-state index is 0.0534. The molecule has 0 saturated carbocycles. The van der Waals surface area contributed by atoms with Gasteiger partial charge in [0.15, 0.2) is 0 Å². The maximum atomic E-state index is 6.52. The Hall–Kier alpha value is 0.160.